The van der Waals surface area contributed by atoms with Crippen molar-refractivity contribution in [2.45, 2.75) is 77.6 Å². The molecule has 0 spiro atoms. The average molecular weight is 552 g/mol. The summed E-state index contributed by atoms with van der Waals surface area (Å²) >= 11 is 2.43. The van der Waals surface area contributed by atoms with E-state index in [2.05, 4.69) is 70.8 Å². The van der Waals surface area contributed by atoms with E-state index in [4.69, 9.17) is 9.47 Å². The van der Waals surface area contributed by atoms with Crippen molar-refractivity contribution in [1.29, 1.82) is 0 Å². The molecule has 0 aliphatic carbocycles. The summed E-state index contributed by atoms with van der Waals surface area (Å²) in [5, 5.41) is 0. The van der Waals surface area contributed by atoms with Crippen LogP contribution in [0.2, 0.25) is 0 Å². The summed E-state index contributed by atoms with van der Waals surface area (Å²) in [6.07, 6.45) is 3.61. The van der Waals surface area contributed by atoms with Crippen LogP contribution in [0.25, 0.3) is 0 Å². The lowest BCUT2D eigenvalue weighted by Gasteiger charge is -2.37. The van der Waals surface area contributed by atoms with Gasteiger partial charge in [0.1, 0.15) is 11.4 Å². The van der Waals surface area contributed by atoms with Crippen molar-refractivity contribution in [3.05, 3.63) is 65.7 Å². The second-order valence-corrected chi connectivity index (χ2v) is 10.3. The number of nitrogens with zero attached hydrogens (tertiary/aromatic N) is 1. The Morgan fingerprint density at radius 1 is 1.03 bits per heavy atom. The van der Waals surface area contributed by atoms with Gasteiger partial charge in [0.05, 0.1) is 13.5 Å². The monoisotopic (exact) mass is 551 g/mol. The van der Waals surface area contributed by atoms with Gasteiger partial charge in [0.2, 0.25) is 0 Å². The van der Waals surface area contributed by atoms with Gasteiger partial charge in [-0.2, -0.15) is 0 Å². The highest BCUT2D eigenvalue weighted by atomic mass is 127. The average Bonchev–Trinajstić information content (AvgIpc) is 2.76. The first kappa shape index (κ1) is 26.7. The van der Waals surface area contributed by atoms with Crippen molar-refractivity contribution >= 4 is 28.6 Å². The predicted molar refractivity (Wildman–Crippen MR) is 140 cm³/mol. The zero-order valence-corrected chi connectivity index (χ0v) is 22.3. The minimum Gasteiger partial charge on any atom is -0.497 e. The third-order valence-electron chi connectivity index (χ3n) is 5.52. The number of hydrogen-bond donors (Lipinski definition) is 0. The lowest BCUT2D eigenvalue weighted by atomic mass is 9.98. The summed E-state index contributed by atoms with van der Waals surface area (Å²) in [6, 6.07) is 19.0. The normalized spacial score (nSPS) is 13.6. The molecule has 176 valence electrons. The van der Waals surface area contributed by atoms with E-state index in [-0.39, 0.29) is 18.1 Å². The van der Waals surface area contributed by atoms with Gasteiger partial charge in [-0.25, -0.2) is 0 Å². The Morgan fingerprint density at radius 2 is 1.69 bits per heavy atom. The molecule has 0 N–H and O–H groups in total. The molecule has 2 rings (SSSR count). The first-order valence-corrected chi connectivity index (χ1v) is 13.0. The van der Waals surface area contributed by atoms with Crippen molar-refractivity contribution in [3.8, 4) is 5.75 Å². The Morgan fingerprint density at radius 3 is 2.25 bits per heavy atom. The molecule has 0 aromatic heterocycles. The molecule has 0 saturated carbocycles. The van der Waals surface area contributed by atoms with Crippen molar-refractivity contribution in [3.63, 3.8) is 0 Å². The Kier molecular flexibility index (Phi) is 11.0. The SMILES string of the molecule is COc1ccc([C@@H](C)N(Cc2ccccc2)[C@H](CCCCI)CC(=O)OC(C)(C)C)cc1. The molecule has 2 atom stereocenters. The van der Waals surface area contributed by atoms with Gasteiger partial charge < -0.3 is 9.47 Å². The zero-order valence-electron chi connectivity index (χ0n) is 20.1. The van der Waals surface area contributed by atoms with Gasteiger partial charge in [0.15, 0.2) is 0 Å². The molecular weight excluding hydrogens is 513 g/mol. The molecule has 0 aliphatic heterocycles. The van der Waals surface area contributed by atoms with E-state index < -0.39 is 5.60 Å². The van der Waals surface area contributed by atoms with Gasteiger partial charge in [0.25, 0.3) is 0 Å². The molecule has 4 nitrogen and oxygen atoms in total. The highest BCUT2D eigenvalue weighted by Crippen LogP contribution is 2.30. The molecule has 0 saturated heterocycles. The maximum absolute atomic E-state index is 12.8. The third kappa shape index (κ3) is 9.10. The minimum atomic E-state index is -0.476. The van der Waals surface area contributed by atoms with Crippen LogP contribution in [-0.4, -0.2) is 34.0 Å². The van der Waals surface area contributed by atoms with Crippen LogP contribution < -0.4 is 4.74 Å². The van der Waals surface area contributed by atoms with E-state index in [1.807, 2.05) is 39.0 Å². The fourth-order valence-corrected chi connectivity index (χ4v) is 4.42. The Balaban J connectivity index is 2.33. The summed E-state index contributed by atoms with van der Waals surface area (Å²) in [4.78, 5) is 15.3. The summed E-state index contributed by atoms with van der Waals surface area (Å²) in [5.74, 6) is 0.722. The van der Waals surface area contributed by atoms with Crippen LogP contribution >= 0.6 is 22.6 Å². The van der Waals surface area contributed by atoms with E-state index in [1.165, 1.54) is 11.1 Å². The molecule has 0 amide bonds. The first-order chi connectivity index (χ1) is 15.2. The molecule has 0 radical (unpaired) electrons. The van der Waals surface area contributed by atoms with Crippen molar-refractivity contribution in [1.82, 2.24) is 4.90 Å². The zero-order chi connectivity index (χ0) is 23.6. The highest BCUT2D eigenvalue weighted by molar-refractivity contribution is 14.1. The van der Waals surface area contributed by atoms with Crippen LogP contribution in [0.1, 0.15) is 70.5 Å². The van der Waals surface area contributed by atoms with Gasteiger partial charge in [-0.05, 0) is 68.2 Å². The predicted octanol–water partition coefficient (Wildman–Crippen LogP) is 6.96. The largest absolute Gasteiger partial charge is 0.497 e. The molecule has 32 heavy (non-hydrogen) atoms. The summed E-state index contributed by atoms with van der Waals surface area (Å²) in [7, 11) is 1.68. The number of carbonyl (C=O) groups is 1. The molecule has 0 aliphatic rings. The number of ether oxygens (including phenoxy) is 2. The van der Waals surface area contributed by atoms with E-state index in [0.29, 0.717) is 6.42 Å². The van der Waals surface area contributed by atoms with Crippen molar-refractivity contribution < 1.29 is 14.3 Å². The highest BCUT2D eigenvalue weighted by Gasteiger charge is 2.29. The molecule has 2 aromatic carbocycles. The number of esters is 1. The maximum atomic E-state index is 12.8. The van der Waals surface area contributed by atoms with E-state index >= 15 is 0 Å². The van der Waals surface area contributed by atoms with Gasteiger partial charge >= 0.3 is 5.97 Å². The quantitative estimate of drug-likeness (QED) is 0.124. The number of methoxy groups -OCH3 is 1. The third-order valence-corrected chi connectivity index (χ3v) is 6.28. The van der Waals surface area contributed by atoms with Crippen LogP contribution in [0, 0.1) is 0 Å². The van der Waals surface area contributed by atoms with Gasteiger partial charge in [0, 0.05) is 18.6 Å². The summed E-state index contributed by atoms with van der Waals surface area (Å²) < 4.78 is 12.2. The molecule has 2 aromatic rings. The van der Waals surface area contributed by atoms with Crippen LogP contribution in [0.4, 0.5) is 0 Å². The number of benzene rings is 2. The molecule has 0 heterocycles. The minimum absolute atomic E-state index is 0.102. The van der Waals surface area contributed by atoms with Crippen LogP contribution in [0.3, 0.4) is 0 Å². The number of unbranched alkanes of at least 4 members (excludes halogenated alkanes) is 1. The number of carbonyl (C=O) groups excluding carboxylic acids is 1. The molecule has 0 fully saturated rings. The fourth-order valence-electron chi connectivity index (χ4n) is 3.89. The van der Waals surface area contributed by atoms with E-state index in [9.17, 15) is 4.79 Å². The molecular formula is C27H38INO3. The number of halogens is 1. The van der Waals surface area contributed by atoms with Crippen LogP contribution in [0.15, 0.2) is 54.6 Å². The van der Waals surface area contributed by atoms with E-state index in [1.54, 1.807) is 7.11 Å². The van der Waals surface area contributed by atoms with E-state index in [0.717, 1.165) is 36.0 Å². The van der Waals surface area contributed by atoms with Gasteiger partial charge in [-0.3, -0.25) is 9.69 Å². The maximum Gasteiger partial charge on any atom is 0.307 e. The lowest BCUT2D eigenvalue weighted by Crippen LogP contribution is -2.39. The second-order valence-electron chi connectivity index (χ2n) is 9.24. The topological polar surface area (TPSA) is 38.8 Å². The molecule has 0 unspecified atom stereocenters. The molecule has 5 heteroatoms. The van der Waals surface area contributed by atoms with Crippen molar-refractivity contribution in [2.75, 3.05) is 11.5 Å². The van der Waals surface area contributed by atoms with Crippen LogP contribution in [-0.2, 0) is 16.1 Å². The van der Waals surface area contributed by atoms with Gasteiger partial charge in [-0.15, -0.1) is 0 Å². The summed E-state index contributed by atoms with van der Waals surface area (Å²) in [6.45, 7) is 8.80. The van der Waals surface area contributed by atoms with Crippen LogP contribution in [0.5, 0.6) is 5.75 Å². The summed E-state index contributed by atoms with van der Waals surface area (Å²) in [5.41, 5.74) is 1.98. The standard InChI is InChI=1S/C27H38INO3/c1-21(23-14-16-25(31-5)17-15-23)29(20-22-11-7-6-8-12-22)24(13-9-10-18-28)19-26(30)32-27(2,3)4/h6-8,11-12,14-17,21,24H,9-10,13,18-20H2,1-5H3/t21-,24-/m1/s1. The fraction of sp³-hybridized carbons (Fsp3) is 0.519. The van der Waals surface area contributed by atoms with Crippen molar-refractivity contribution in [2.24, 2.45) is 0 Å². The lowest BCUT2D eigenvalue weighted by molar-refractivity contribution is -0.156. The molecule has 0 bridgehead atoms. The Hall–Kier alpha value is -1.60. The number of rotatable bonds is 12. The Bertz CT molecular complexity index is 802. The Labute approximate surface area is 207 Å². The number of hydrogen-bond acceptors (Lipinski definition) is 4. The van der Waals surface area contributed by atoms with Gasteiger partial charge in [-0.1, -0.05) is 71.5 Å². The second kappa shape index (κ2) is 13.2. The first-order valence-electron chi connectivity index (χ1n) is 11.4. The number of alkyl halides is 1. The smallest absolute Gasteiger partial charge is 0.307 e.